The van der Waals surface area contributed by atoms with E-state index in [2.05, 4.69) is 0 Å². The van der Waals surface area contributed by atoms with Crippen LogP contribution in [0, 0.1) is 12.3 Å². The Kier molecular flexibility index (Phi) is 4.33. The molecule has 0 aliphatic heterocycles. The quantitative estimate of drug-likeness (QED) is 0.636. The van der Waals surface area contributed by atoms with Crippen molar-refractivity contribution in [2.75, 3.05) is 14.1 Å². The van der Waals surface area contributed by atoms with Gasteiger partial charge in [-0.05, 0) is 6.42 Å². The number of hydrogen-bond donors (Lipinski definition) is 1. The third kappa shape index (κ3) is 3.95. The minimum absolute atomic E-state index is 0.0944. The summed E-state index contributed by atoms with van der Waals surface area (Å²) in [5.74, 6) is -0.741. The molecule has 0 heterocycles. The normalized spacial score (nSPS) is 12.2. The van der Waals surface area contributed by atoms with Gasteiger partial charge >= 0.3 is 0 Å². The molecule has 1 unspecified atom stereocenters. The van der Waals surface area contributed by atoms with E-state index in [0.717, 1.165) is 0 Å². The molecule has 0 aliphatic rings. The van der Waals surface area contributed by atoms with Crippen molar-refractivity contribution in [1.29, 1.82) is 0 Å². The van der Waals surface area contributed by atoms with Gasteiger partial charge in [0.05, 0.1) is 6.42 Å². The summed E-state index contributed by atoms with van der Waals surface area (Å²) in [6, 6.07) is 0. The zero-order valence-electron chi connectivity index (χ0n) is 7.70. The van der Waals surface area contributed by atoms with E-state index in [4.69, 9.17) is 5.73 Å². The molecule has 0 rings (SSSR count). The largest absolute Gasteiger partial charge is 0.369 e. The first kappa shape index (κ1) is 10.9. The van der Waals surface area contributed by atoms with Crippen molar-refractivity contribution >= 4 is 11.8 Å². The highest BCUT2D eigenvalue weighted by molar-refractivity contribution is 5.85. The van der Waals surface area contributed by atoms with Crippen molar-refractivity contribution in [3.63, 3.8) is 0 Å². The van der Waals surface area contributed by atoms with E-state index in [1.54, 1.807) is 21.0 Å². The lowest BCUT2D eigenvalue weighted by Gasteiger charge is -2.11. The van der Waals surface area contributed by atoms with Crippen molar-refractivity contribution in [2.24, 2.45) is 11.7 Å². The first-order valence-electron chi connectivity index (χ1n) is 3.79. The Labute approximate surface area is 72.7 Å². The summed E-state index contributed by atoms with van der Waals surface area (Å²) < 4.78 is 0. The number of primary amides is 1. The molecule has 0 aliphatic carbocycles. The second-order valence-electron chi connectivity index (χ2n) is 2.98. The van der Waals surface area contributed by atoms with E-state index >= 15 is 0 Å². The van der Waals surface area contributed by atoms with E-state index in [-0.39, 0.29) is 17.7 Å². The van der Waals surface area contributed by atoms with Crippen LogP contribution in [0.1, 0.15) is 13.3 Å². The molecule has 0 aromatic heterocycles. The van der Waals surface area contributed by atoms with Gasteiger partial charge in [0.25, 0.3) is 0 Å². The standard InChI is InChI=1S/C8H15N2O2/c1-6(8(9)12)4-5-7(11)10(2)3/h5-6H,4H2,1-3H3,(H2,9,12). The fourth-order valence-electron chi connectivity index (χ4n) is 0.576. The molecular weight excluding hydrogens is 156 g/mol. The van der Waals surface area contributed by atoms with Crippen molar-refractivity contribution in [2.45, 2.75) is 13.3 Å². The van der Waals surface area contributed by atoms with Crippen LogP contribution in [0.3, 0.4) is 0 Å². The molecule has 12 heavy (non-hydrogen) atoms. The van der Waals surface area contributed by atoms with Crippen LogP contribution >= 0.6 is 0 Å². The predicted molar refractivity (Wildman–Crippen MR) is 46.0 cm³/mol. The summed E-state index contributed by atoms with van der Waals surface area (Å²) in [7, 11) is 3.32. The molecule has 0 aromatic carbocycles. The number of hydrogen-bond acceptors (Lipinski definition) is 2. The van der Waals surface area contributed by atoms with Gasteiger partial charge in [-0.25, -0.2) is 0 Å². The Hall–Kier alpha value is -1.06. The summed E-state index contributed by atoms with van der Waals surface area (Å²) >= 11 is 0. The summed E-state index contributed by atoms with van der Waals surface area (Å²) in [4.78, 5) is 23.0. The smallest absolute Gasteiger partial charge is 0.225 e. The minimum atomic E-state index is -0.377. The summed E-state index contributed by atoms with van der Waals surface area (Å²) in [5, 5.41) is 0. The topological polar surface area (TPSA) is 63.4 Å². The number of nitrogens with two attached hydrogens (primary N) is 1. The van der Waals surface area contributed by atoms with Crippen molar-refractivity contribution in [3.05, 3.63) is 6.42 Å². The van der Waals surface area contributed by atoms with Gasteiger partial charge in [-0.1, -0.05) is 6.92 Å². The number of nitrogens with zero attached hydrogens (tertiary/aromatic N) is 1. The molecule has 69 valence electrons. The van der Waals surface area contributed by atoms with Crippen LogP contribution in [-0.2, 0) is 9.59 Å². The fourth-order valence-corrected chi connectivity index (χ4v) is 0.576. The van der Waals surface area contributed by atoms with Crippen LogP contribution in [0.4, 0.5) is 0 Å². The minimum Gasteiger partial charge on any atom is -0.369 e. The monoisotopic (exact) mass is 171 g/mol. The van der Waals surface area contributed by atoms with Gasteiger partial charge in [-0.2, -0.15) is 0 Å². The average Bonchev–Trinajstić information content (AvgIpc) is 1.98. The molecule has 1 radical (unpaired) electrons. The van der Waals surface area contributed by atoms with E-state index in [1.165, 1.54) is 11.3 Å². The summed E-state index contributed by atoms with van der Waals surface area (Å²) in [5.41, 5.74) is 5.01. The summed E-state index contributed by atoms with van der Waals surface area (Å²) in [6.45, 7) is 1.70. The molecule has 1 atom stereocenters. The Morgan fingerprint density at radius 2 is 2.00 bits per heavy atom. The van der Waals surface area contributed by atoms with Crippen LogP contribution in [0.25, 0.3) is 0 Å². The third-order valence-electron chi connectivity index (χ3n) is 1.57. The molecule has 2 amide bonds. The Morgan fingerprint density at radius 1 is 1.50 bits per heavy atom. The first-order chi connectivity index (χ1) is 5.45. The van der Waals surface area contributed by atoms with Crippen LogP contribution in [0.2, 0.25) is 0 Å². The second kappa shape index (κ2) is 4.74. The maximum atomic E-state index is 11.0. The van der Waals surface area contributed by atoms with E-state index < -0.39 is 0 Å². The highest BCUT2D eigenvalue weighted by Gasteiger charge is 2.12. The van der Waals surface area contributed by atoms with Gasteiger partial charge in [-0.3, -0.25) is 9.59 Å². The van der Waals surface area contributed by atoms with Gasteiger partial charge in [-0.15, -0.1) is 0 Å². The SMILES string of the molecule is CC(C[CH]C(=O)N(C)C)C(N)=O. The maximum absolute atomic E-state index is 11.0. The van der Waals surface area contributed by atoms with E-state index in [9.17, 15) is 9.59 Å². The van der Waals surface area contributed by atoms with Crippen LogP contribution < -0.4 is 5.73 Å². The lowest BCUT2D eigenvalue weighted by atomic mass is 10.1. The van der Waals surface area contributed by atoms with Gasteiger partial charge in [0, 0.05) is 20.0 Å². The number of carbonyl (C=O) groups is 2. The molecule has 0 spiro atoms. The molecule has 2 N–H and O–H groups in total. The van der Waals surface area contributed by atoms with Gasteiger partial charge in [0.1, 0.15) is 0 Å². The van der Waals surface area contributed by atoms with Crippen LogP contribution in [0.5, 0.6) is 0 Å². The first-order valence-corrected chi connectivity index (χ1v) is 3.79. The molecule has 0 fully saturated rings. The maximum Gasteiger partial charge on any atom is 0.225 e. The van der Waals surface area contributed by atoms with Crippen molar-refractivity contribution in [1.82, 2.24) is 4.90 Å². The van der Waals surface area contributed by atoms with Gasteiger partial charge < -0.3 is 10.6 Å². The Morgan fingerprint density at radius 3 is 2.33 bits per heavy atom. The zero-order chi connectivity index (χ0) is 9.72. The molecular formula is C8H15N2O2. The van der Waals surface area contributed by atoms with Gasteiger partial charge in [0.2, 0.25) is 11.8 Å². The summed E-state index contributed by atoms with van der Waals surface area (Å²) in [6.07, 6.45) is 1.88. The van der Waals surface area contributed by atoms with Crippen molar-refractivity contribution in [3.8, 4) is 0 Å². The number of rotatable bonds is 4. The van der Waals surface area contributed by atoms with Crippen LogP contribution in [-0.4, -0.2) is 30.8 Å². The predicted octanol–water partition coefficient (Wildman–Crippen LogP) is -0.210. The van der Waals surface area contributed by atoms with E-state index in [0.29, 0.717) is 6.42 Å². The van der Waals surface area contributed by atoms with Crippen LogP contribution in [0.15, 0.2) is 0 Å². The Balaban J connectivity index is 3.69. The average molecular weight is 171 g/mol. The molecule has 0 aromatic rings. The number of amides is 2. The van der Waals surface area contributed by atoms with E-state index in [1.807, 2.05) is 0 Å². The second-order valence-corrected chi connectivity index (χ2v) is 2.98. The molecule has 0 saturated heterocycles. The van der Waals surface area contributed by atoms with Gasteiger partial charge in [0.15, 0.2) is 0 Å². The van der Waals surface area contributed by atoms with Crippen molar-refractivity contribution < 1.29 is 9.59 Å². The Bertz CT molecular complexity index is 178. The fraction of sp³-hybridized carbons (Fsp3) is 0.625. The highest BCUT2D eigenvalue weighted by atomic mass is 16.2. The molecule has 0 saturated carbocycles. The molecule has 0 bridgehead atoms. The molecule has 4 heteroatoms. The lowest BCUT2D eigenvalue weighted by molar-refractivity contribution is -0.125. The third-order valence-corrected chi connectivity index (χ3v) is 1.57. The highest BCUT2D eigenvalue weighted by Crippen LogP contribution is 2.04. The zero-order valence-corrected chi connectivity index (χ0v) is 7.70. The number of carbonyl (C=O) groups excluding carboxylic acids is 2. The lowest BCUT2D eigenvalue weighted by Crippen LogP contribution is -2.26. The molecule has 4 nitrogen and oxygen atoms in total.